The number of carbonyl (C=O) groups is 1. The van der Waals surface area contributed by atoms with Gasteiger partial charge in [-0.15, -0.1) is 0 Å². The Morgan fingerprint density at radius 3 is 2.79 bits per heavy atom. The highest BCUT2D eigenvalue weighted by Gasteiger charge is 2.09. The maximum absolute atomic E-state index is 13.1. The molecule has 2 aromatic heterocycles. The first-order valence-corrected chi connectivity index (χ1v) is 6.31. The van der Waals surface area contributed by atoms with Crippen molar-refractivity contribution in [1.29, 1.82) is 0 Å². The molecule has 0 aliphatic carbocycles. The van der Waals surface area contributed by atoms with E-state index in [1.54, 1.807) is 30.6 Å². The summed E-state index contributed by atoms with van der Waals surface area (Å²) in [5.74, 6) is -0.579. The summed E-state index contributed by atoms with van der Waals surface area (Å²) in [6.07, 6.45) is 3.09. The molecule has 0 aliphatic heterocycles. The number of anilines is 1. The Hall–Kier alpha value is -2.34. The van der Waals surface area contributed by atoms with Crippen LogP contribution in [0, 0.1) is 5.82 Å². The van der Waals surface area contributed by atoms with Gasteiger partial charge in [0.25, 0.3) is 5.91 Å². The number of pyridine rings is 1. The minimum absolute atomic E-state index is 0.262. The predicted molar refractivity (Wildman–Crippen MR) is 71.8 cm³/mol. The van der Waals surface area contributed by atoms with Gasteiger partial charge in [0.15, 0.2) is 5.13 Å². The van der Waals surface area contributed by atoms with Gasteiger partial charge in [0.2, 0.25) is 0 Å². The molecule has 0 bridgehead atoms. The van der Waals surface area contributed by atoms with Gasteiger partial charge < -0.3 is 0 Å². The molecule has 1 aromatic carbocycles. The molecule has 3 rings (SSSR count). The van der Waals surface area contributed by atoms with E-state index in [9.17, 15) is 9.18 Å². The van der Waals surface area contributed by atoms with Crippen LogP contribution in [0.25, 0.3) is 10.2 Å². The van der Waals surface area contributed by atoms with E-state index in [4.69, 9.17) is 0 Å². The Labute approximate surface area is 111 Å². The molecule has 1 amide bonds. The lowest BCUT2D eigenvalue weighted by Gasteiger charge is -1.99. The molecule has 0 atom stereocenters. The van der Waals surface area contributed by atoms with Crippen molar-refractivity contribution in [3.05, 3.63) is 54.1 Å². The molecule has 0 saturated carbocycles. The molecule has 6 heteroatoms. The van der Waals surface area contributed by atoms with Crippen LogP contribution in [0.1, 0.15) is 10.4 Å². The van der Waals surface area contributed by atoms with Gasteiger partial charge in [0, 0.05) is 18.0 Å². The van der Waals surface area contributed by atoms with Gasteiger partial charge in [-0.2, -0.15) is 0 Å². The second kappa shape index (κ2) is 4.74. The summed E-state index contributed by atoms with van der Waals surface area (Å²) in [6, 6.07) is 7.56. The second-order valence-electron chi connectivity index (χ2n) is 3.82. The van der Waals surface area contributed by atoms with E-state index in [0.717, 1.165) is 0 Å². The molecule has 4 nitrogen and oxygen atoms in total. The molecule has 0 saturated heterocycles. The van der Waals surface area contributed by atoms with E-state index in [-0.39, 0.29) is 11.7 Å². The van der Waals surface area contributed by atoms with Gasteiger partial charge in [0.1, 0.15) is 5.82 Å². The average Bonchev–Trinajstić information content (AvgIpc) is 2.81. The Bertz CT molecular complexity index is 742. The molecule has 0 fully saturated rings. The zero-order valence-electron chi connectivity index (χ0n) is 9.63. The van der Waals surface area contributed by atoms with E-state index in [0.29, 0.717) is 20.9 Å². The third-order valence-corrected chi connectivity index (χ3v) is 3.45. The highest BCUT2D eigenvalue weighted by Crippen LogP contribution is 2.26. The zero-order chi connectivity index (χ0) is 13.2. The summed E-state index contributed by atoms with van der Waals surface area (Å²) < 4.78 is 13.8. The summed E-state index contributed by atoms with van der Waals surface area (Å²) in [6.45, 7) is 0. The quantitative estimate of drug-likeness (QED) is 0.780. The Morgan fingerprint density at radius 1 is 1.21 bits per heavy atom. The molecule has 0 spiro atoms. The van der Waals surface area contributed by atoms with Crippen molar-refractivity contribution in [1.82, 2.24) is 9.97 Å². The molecule has 0 aliphatic rings. The highest BCUT2D eigenvalue weighted by molar-refractivity contribution is 7.22. The van der Waals surface area contributed by atoms with E-state index in [1.165, 1.54) is 23.5 Å². The third-order valence-electron chi connectivity index (χ3n) is 2.51. The number of thiazole rings is 1. The number of fused-ring (bicyclic) bond motifs is 1. The number of benzene rings is 1. The van der Waals surface area contributed by atoms with Gasteiger partial charge in [0.05, 0.1) is 10.2 Å². The Kier molecular flexibility index (Phi) is 2.92. The van der Waals surface area contributed by atoms with E-state index in [1.807, 2.05) is 0 Å². The van der Waals surface area contributed by atoms with Crippen LogP contribution in [0.4, 0.5) is 9.52 Å². The Balaban J connectivity index is 1.87. The zero-order valence-corrected chi connectivity index (χ0v) is 10.4. The lowest BCUT2D eigenvalue weighted by atomic mass is 10.2. The number of nitrogens with zero attached hydrogens (tertiary/aromatic N) is 2. The van der Waals surface area contributed by atoms with Crippen LogP contribution in [0.15, 0.2) is 42.7 Å². The fourth-order valence-electron chi connectivity index (χ4n) is 1.62. The lowest BCUT2D eigenvalue weighted by molar-refractivity contribution is 0.102. The summed E-state index contributed by atoms with van der Waals surface area (Å²) in [5.41, 5.74) is 1.16. The van der Waals surface area contributed by atoms with Crippen LogP contribution >= 0.6 is 11.3 Å². The van der Waals surface area contributed by atoms with Crippen molar-refractivity contribution in [2.75, 3.05) is 5.32 Å². The third kappa shape index (κ3) is 2.43. The summed E-state index contributed by atoms with van der Waals surface area (Å²) in [7, 11) is 0. The van der Waals surface area contributed by atoms with Gasteiger partial charge in [-0.1, -0.05) is 11.3 Å². The monoisotopic (exact) mass is 273 g/mol. The topological polar surface area (TPSA) is 54.9 Å². The number of hydrogen-bond acceptors (Lipinski definition) is 4. The molecule has 0 radical (unpaired) electrons. The summed E-state index contributed by atoms with van der Waals surface area (Å²) in [5, 5.41) is 3.13. The molecule has 0 unspecified atom stereocenters. The normalized spacial score (nSPS) is 10.6. The molecular formula is C13H8FN3OS. The first-order valence-electron chi connectivity index (χ1n) is 5.50. The maximum atomic E-state index is 13.1. The van der Waals surface area contributed by atoms with Gasteiger partial charge >= 0.3 is 0 Å². The van der Waals surface area contributed by atoms with Crippen LogP contribution in [0.3, 0.4) is 0 Å². The molecule has 19 heavy (non-hydrogen) atoms. The summed E-state index contributed by atoms with van der Waals surface area (Å²) >= 11 is 1.24. The van der Waals surface area contributed by atoms with Gasteiger partial charge in [-0.25, -0.2) is 9.37 Å². The van der Waals surface area contributed by atoms with E-state index < -0.39 is 0 Å². The maximum Gasteiger partial charge on any atom is 0.257 e. The first-order chi connectivity index (χ1) is 9.22. The van der Waals surface area contributed by atoms with Crippen LogP contribution in [0.5, 0.6) is 0 Å². The van der Waals surface area contributed by atoms with Crippen LogP contribution in [-0.4, -0.2) is 15.9 Å². The molecule has 94 valence electrons. The molecule has 1 N–H and O–H groups in total. The van der Waals surface area contributed by atoms with Crippen molar-refractivity contribution in [3.8, 4) is 0 Å². The van der Waals surface area contributed by atoms with Gasteiger partial charge in [-0.05, 0) is 30.3 Å². The number of aromatic nitrogens is 2. The average molecular weight is 273 g/mol. The van der Waals surface area contributed by atoms with Crippen molar-refractivity contribution < 1.29 is 9.18 Å². The van der Waals surface area contributed by atoms with Crippen molar-refractivity contribution in [3.63, 3.8) is 0 Å². The fourth-order valence-corrected chi connectivity index (χ4v) is 2.51. The molecule has 3 aromatic rings. The summed E-state index contributed by atoms with van der Waals surface area (Å²) in [4.78, 5) is 20.0. The largest absolute Gasteiger partial charge is 0.298 e. The molecule has 2 heterocycles. The molecular weight excluding hydrogens is 265 g/mol. The second-order valence-corrected chi connectivity index (χ2v) is 4.85. The number of nitrogens with one attached hydrogen (secondary N) is 1. The number of carbonyl (C=O) groups excluding carboxylic acids is 1. The number of rotatable bonds is 2. The highest BCUT2D eigenvalue weighted by atomic mass is 32.1. The minimum atomic E-state index is -0.317. The first kappa shape index (κ1) is 11.7. The van der Waals surface area contributed by atoms with Gasteiger partial charge in [-0.3, -0.25) is 15.1 Å². The number of hydrogen-bond donors (Lipinski definition) is 1. The van der Waals surface area contributed by atoms with Crippen LogP contribution < -0.4 is 5.32 Å². The van der Waals surface area contributed by atoms with E-state index >= 15 is 0 Å². The predicted octanol–water partition coefficient (Wildman–Crippen LogP) is 3.08. The fraction of sp³-hybridized carbons (Fsp3) is 0. The van der Waals surface area contributed by atoms with E-state index in [2.05, 4.69) is 15.3 Å². The standard InChI is InChI=1S/C13H8FN3OS/c14-9-1-2-10-11(7-9)19-13(16-10)17-12(18)8-3-5-15-6-4-8/h1-7H,(H,16,17,18). The van der Waals surface area contributed by atoms with Crippen molar-refractivity contribution in [2.24, 2.45) is 0 Å². The lowest BCUT2D eigenvalue weighted by Crippen LogP contribution is -2.11. The van der Waals surface area contributed by atoms with Crippen molar-refractivity contribution >= 4 is 32.6 Å². The smallest absolute Gasteiger partial charge is 0.257 e. The van der Waals surface area contributed by atoms with Crippen LogP contribution in [0.2, 0.25) is 0 Å². The van der Waals surface area contributed by atoms with Crippen LogP contribution in [-0.2, 0) is 0 Å². The number of amides is 1. The van der Waals surface area contributed by atoms with Crippen molar-refractivity contribution in [2.45, 2.75) is 0 Å². The minimum Gasteiger partial charge on any atom is -0.298 e. The number of halogens is 1. The Morgan fingerprint density at radius 2 is 2.00 bits per heavy atom. The SMILES string of the molecule is O=C(Nc1nc2ccc(F)cc2s1)c1ccncc1.